The fraction of sp³-hybridized carbons (Fsp3) is 0.450. The minimum atomic E-state index is -4.56. The van der Waals surface area contributed by atoms with E-state index in [-0.39, 0.29) is 17.9 Å². The Bertz CT molecular complexity index is 948. The highest BCUT2D eigenvalue weighted by Gasteiger charge is 2.34. The Morgan fingerprint density at radius 3 is 2.24 bits per heavy atom. The molecular formula is C20H23F3N6O4. The van der Waals surface area contributed by atoms with Crippen molar-refractivity contribution in [1.82, 2.24) is 25.6 Å². The molecule has 0 unspecified atom stereocenters. The van der Waals surface area contributed by atoms with E-state index in [2.05, 4.69) is 20.3 Å². The molecule has 3 N–H and O–H groups in total. The summed E-state index contributed by atoms with van der Waals surface area (Å²) in [6, 6.07) is 1.76. The number of alkyl halides is 3. The summed E-state index contributed by atoms with van der Waals surface area (Å²) in [5.41, 5.74) is 1.29. The molecule has 2 aromatic heterocycles. The van der Waals surface area contributed by atoms with Gasteiger partial charge in [0.2, 0.25) is 0 Å². The standard InChI is InChI=1S/C20H23F3N6O4/c1-33-17-25-9-13(10-26-17)12-2-7-16(24-8-12)29(18(30)27-11-20(21,22)23)15-5-3-14(4-6-15)28-19(31)32/h2,7-10,14-15,28H,3-6,11H2,1H3,(H,27,30)(H,31,32)/t14-,15-. The van der Waals surface area contributed by atoms with Crippen LogP contribution in [0.15, 0.2) is 30.7 Å². The van der Waals surface area contributed by atoms with Gasteiger partial charge >= 0.3 is 24.3 Å². The molecule has 0 aromatic carbocycles. The third kappa shape index (κ3) is 6.67. The summed E-state index contributed by atoms with van der Waals surface area (Å²) in [4.78, 5) is 37.1. The lowest BCUT2D eigenvalue weighted by molar-refractivity contribution is -0.122. The fourth-order valence-corrected chi connectivity index (χ4v) is 3.64. The highest BCUT2D eigenvalue weighted by Crippen LogP contribution is 2.28. The number of aromatic nitrogens is 3. The van der Waals surface area contributed by atoms with Gasteiger partial charge in [-0.3, -0.25) is 4.90 Å². The van der Waals surface area contributed by atoms with Gasteiger partial charge in [-0.2, -0.15) is 13.2 Å². The molecule has 178 valence electrons. The highest BCUT2D eigenvalue weighted by molar-refractivity contribution is 5.91. The fourth-order valence-electron chi connectivity index (χ4n) is 3.64. The smallest absolute Gasteiger partial charge is 0.405 e. The summed E-state index contributed by atoms with van der Waals surface area (Å²) in [7, 11) is 1.44. The first-order valence-electron chi connectivity index (χ1n) is 10.1. The van der Waals surface area contributed by atoms with Crippen molar-refractivity contribution >= 4 is 17.9 Å². The Morgan fingerprint density at radius 2 is 1.73 bits per heavy atom. The third-order valence-electron chi connectivity index (χ3n) is 5.19. The monoisotopic (exact) mass is 468 g/mol. The summed E-state index contributed by atoms with van der Waals surface area (Å²) in [6.07, 6.45) is 0.541. The predicted octanol–water partition coefficient (Wildman–Crippen LogP) is 3.20. The molecule has 2 aromatic rings. The number of anilines is 1. The Morgan fingerprint density at radius 1 is 1.09 bits per heavy atom. The van der Waals surface area contributed by atoms with Gasteiger partial charge in [-0.05, 0) is 37.8 Å². The Hall–Kier alpha value is -3.64. The Balaban J connectivity index is 1.79. The summed E-state index contributed by atoms with van der Waals surface area (Å²) >= 11 is 0. The van der Waals surface area contributed by atoms with Gasteiger partial charge in [0, 0.05) is 41.8 Å². The van der Waals surface area contributed by atoms with Crippen molar-refractivity contribution in [2.24, 2.45) is 0 Å². The minimum absolute atomic E-state index is 0.183. The lowest BCUT2D eigenvalue weighted by Crippen LogP contribution is -2.51. The summed E-state index contributed by atoms with van der Waals surface area (Å²) in [5.74, 6) is 0.183. The van der Waals surface area contributed by atoms with Crippen LogP contribution in [0.3, 0.4) is 0 Å². The number of carboxylic acid groups (broad SMARTS) is 1. The number of methoxy groups -OCH3 is 1. The zero-order valence-electron chi connectivity index (χ0n) is 17.7. The van der Waals surface area contributed by atoms with Crippen LogP contribution in [0.25, 0.3) is 11.1 Å². The van der Waals surface area contributed by atoms with Gasteiger partial charge in [0.15, 0.2) is 0 Å². The summed E-state index contributed by atoms with van der Waals surface area (Å²) in [6.45, 7) is -1.47. The topological polar surface area (TPSA) is 130 Å². The van der Waals surface area contributed by atoms with Gasteiger partial charge in [0.05, 0.1) is 7.11 Å². The number of halogens is 3. The molecule has 1 aliphatic rings. The zero-order valence-corrected chi connectivity index (χ0v) is 17.7. The van der Waals surface area contributed by atoms with Crippen LogP contribution in [0.1, 0.15) is 25.7 Å². The molecule has 0 spiro atoms. The van der Waals surface area contributed by atoms with Crippen LogP contribution in [0, 0.1) is 0 Å². The number of urea groups is 1. The van der Waals surface area contributed by atoms with Crippen LogP contribution in [-0.4, -0.2) is 64.1 Å². The van der Waals surface area contributed by atoms with E-state index in [1.165, 1.54) is 36.7 Å². The van der Waals surface area contributed by atoms with Crippen molar-refractivity contribution in [1.29, 1.82) is 0 Å². The molecule has 2 heterocycles. The van der Waals surface area contributed by atoms with E-state index in [1.54, 1.807) is 6.07 Å². The number of pyridine rings is 1. The first-order chi connectivity index (χ1) is 15.7. The first-order valence-corrected chi connectivity index (χ1v) is 10.1. The van der Waals surface area contributed by atoms with Gasteiger partial charge in [-0.15, -0.1) is 0 Å². The summed E-state index contributed by atoms with van der Waals surface area (Å²) in [5, 5.41) is 13.2. The van der Waals surface area contributed by atoms with Gasteiger partial charge in [-0.25, -0.2) is 24.5 Å². The van der Waals surface area contributed by atoms with Gasteiger partial charge < -0.3 is 20.5 Å². The molecule has 1 fully saturated rings. The van der Waals surface area contributed by atoms with E-state index in [4.69, 9.17) is 9.84 Å². The molecule has 33 heavy (non-hydrogen) atoms. The number of nitrogens with one attached hydrogen (secondary N) is 2. The van der Waals surface area contributed by atoms with Crippen molar-refractivity contribution in [3.8, 4) is 17.1 Å². The average molecular weight is 468 g/mol. The minimum Gasteiger partial charge on any atom is -0.467 e. The highest BCUT2D eigenvalue weighted by atomic mass is 19.4. The van der Waals surface area contributed by atoms with Crippen LogP contribution >= 0.6 is 0 Å². The molecule has 1 aliphatic carbocycles. The van der Waals surface area contributed by atoms with Crippen molar-refractivity contribution < 1.29 is 32.6 Å². The third-order valence-corrected chi connectivity index (χ3v) is 5.19. The SMILES string of the molecule is COc1ncc(-c2ccc(N(C(=O)NCC(F)(F)F)[C@H]3CC[C@H](NC(=O)O)CC3)nc2)cn1. The molecule has 0 aliphatic heterocycles. The van der Waals surface area contributed by atoms with Crippen LogP contribution in [0.4, 0.5) is 28.6 Å². The van der Waals surface area contributed by atoms with E-state index in [0.29, 0.717) is 36.8 Å². The second kappa shape index (κ2) is 10.3. The Labute approximate surface area is 187 Å². The quantitative estimate of drug-likeness (QED) is 0.594. The maximum atomic E-state index is 12.7. The molecular weight excluding hydrogens is 445 g/mol. The van der Waals surface area contributed by atoms with Gasteiger partial charge in [0.25, 0.3) is 0 Å². The average Bonchev–Trinajstić information content (AvgIpc) is 2.79. The number of hydrogen-bond acceptors (Lipinski definition) is 6. The molecule has 0 radical (unpaired) electrons. The second-order valence-corrected chi connectivity index (χ2v) is 7.46. The number of ether oxygens (including phenoxy) is 1. The molecule has 10 nitrogen and oxygen atoms in total. The van der Waals surface area contributed by atoms with Crippen LogP contribution in [0.5, 0.6) is 6.01 Å². The normalized spacial score (nSPS) is 18.3. The van der Waals surface area contributed by atoms with E-state index < -0.39 is 30.9 Å². The number of amides is 3. The zero-order chi connectivity index (χ0) is 24.0. The van der Waals surface area contributed by atoms with Crippen LogP contribution in [-0.2, 0) is 0 Å². The predicted molar refractivity (Wildman–Crippen MR) is 111 cm³/mol. The molecule has 0 saturated heterocycles. The van der Waals surface area contributed by atoms with E-state index in [0.717, 1.165) is 0 Å². The molecule has 3 rings (SSSR count). The largest absolute Gasteiger partial charge is 0.467 e. The number of nitrogens with zero attached hydrogens (tertiary/aromatic N) is 4. The van der Waals surface area contributed by atoms with Gasteiger partial charge in [-0.1, -0.05) is 0 Å². The van der Waals surface area contributed by atoms with Crippen molar-refractivity contribution in [2.45, 2.75) is 43.9 Å². The maximum Gasteiger partial charge on any atom is 0.405 e. The van der Waals surface area contributed by atoms with Crippen molar-refractivity contribution in [2.75, 3.05) is 18.6 Å². The number of carbonyl (C=O) groups is 2. The van der Waals surface area contributed by atoms with E-state index in [1.807, 2.05) is 5.32 Å². The van der Waals surface area contributed by atoms with E-state index in [9.17, 15) is 22.8 Å². The van der Waals surface area contributed by atoms with Crippen molar-refractivity contribution in [3.05, 3.63) is 30.7 Å². The lowest BCUT2D eigenvalue weighted by Gasteiger charge is -2.36. The Kier molecular flexibility index (Phi) is 7.51. The first kappa shape index (κ1) is 24.0. The molecule has 3 amide bonds. The number of carbonyl (C=O) groups excluding carboxylic acids is 1. The lowest BCUT2D eigenvalue weighted by atomic mass is 9.90. The molecule has 1 saturated carbocycles. The van der Waals surface area contributed by atoms with Crippen LogP contribution < -0.4 is 20.3 Å². The molecule has 0 atom stereocenters. The summed E-state index contributed by atoms with van der Waals surface area (Å²) < 4.78 is 42.9. The van der Waals surface area contributed by atoms with Gasteiger partial charge in [0.1, 0.15) is 12.4 Å². The van der Waals surface area contributed by atoms with E-state index >= 15 is 0 Å². The molecule has 13 heteroatoms. The number of hydrogen-bond donors (Lipinski definition) is 3. The maximum absolute atomic E-state index is 12.7. The number of rotatable bonds is 6. The second-order valence-electron chi connectivity index (χ2n) is 7.46. The van der Waals surface area contributed by atoms with Crippen LogP contribution in [0.2, 0.25) is 0 Å². The van der Waals surface area contributed by atoms with Crippen molar-refractivity contribution in [3.63, 3.8) is 0 Å². The molecule has 0 bridgehead atoms.